The Labute approximate surface area is 200 Å². The molecule has 0 aliphatic heterocycles. The van der Waals surface area contributed by atoms with Gasteiger partial charge in [-0.3, -0.25) is 4.79 Å². The molecule has 0 bridgehead atoms. The zero-order chi connectivity index (χ0) is 24.9. The highest BCUT2D eigenvalue weighted by Gasteiger charge is 2.15. The number of aromatic nitrogens is 3. The average Bonchev–Trinajstić information content (AvgIpc) is 2.84. The predicted molar refractivity (Wildman–Crippen MR) is 135 cm³/mol. The van der Waals surface area contributed by atoms with E-state index in [2.05, 4.69) is 27.2 Å². The van der Waals surface area contributed by atoms with Crippen molar-refractivity contribution in [3.8, 4) is 28.4 Å². The summed E-state index contributed by atoms with van der Waals surface area (Å²) in [6, 6.07) is 10.6. The third kappa shape index (κ3) is 7.95. The van der Waals surface area contributed by atoms with E-state index < -0.39 is 6.10 Å². The van der Waals surface area contributed by atoms with Crippen molar-refractivity contribution >= 4 is 5.82 Å². The van der Waals surface area contributed by atoms with Crippen molar-refractivity contribution < 1.29 is 14.6 Å². The fourth-order valence-corrected chi connectivity index (χ4v) is 3.03. The summed E-state index contributed by atoms with van der Waals surface area (Å²) < 4.78 is 10.4. The minimum absolute atomic E-state index is 0.159. The number of anilines is 1. The molecule has 184 valence electrons. The number of rotatable bonds is 10. The lowest BCUT2D eigenvalue weighted by atomic mass is 10.1. The van der Waals surface area contributed by atoms with E-state index in [1.54, 1.807) is 51.5 Å². The molecule has 3 rings (SSSR count). The normalized spacial score (nSPS) is 11.4. The quantitative estimate of drug-likeness (QED) is 0.333. The van der Waals surface area contributed by atoms with Gasteiger partial charge >= 0.3 is 0 Å². The second kappa shape index (κ2) is 14.1. The molecule has 0 fully saturated rings. The van der Waals surface area contributed by atoms with Gasteiger partial charge in [0.2, 0.25) is 0 Å². The van der Waals surface area contributed by atoms with E-state index in [1.807, 2.05) is 12.1 Å². The topological polar surface area (TPSA) is 135 Å². The van der Waals surface area contributed by atoms with Gasteiger partial charge in [-0.05, 0) is 44.7 Å². The fourth-order valence-electron chi connectivity index (χ4n) is 3.03. The predicted octanol–water partition coefficient (Wildman–Crippen LogP) is 2.78. The Balaban J connectivity index is 0.000000604. The number of likely N-dealkylation sites (N-methyl/N-ethyl adjacent to an activating group) is 1. The molecule has 2 heterocycles. The van der Waals surface area contributed by atoms with Crippen LogP contribution in [0.15, 0.2) is 47.4 Å². The van der Waals surface area contributed by atoms with Crippen LogP contribution < -0.4 is 21.3 Å². The summed E-state index contributed by atoms with van der Waals surface area (Å²) in [5.41, 5.74) is 8.09. The lowest BCUT2D eigenvalue weighted by molar-refractivity contribution is 0.108. The summed E-state index contributed by atoms with van der Waals surface area (Å²) in [6.45, 7) is 5.44. The molecule has 0 saturated carbocycles. The second-order valence-corrected chi connectivity index (χ2v) is 7.72. The van der Waals surface area contributed by atoms with Crippen LogP contribution in [-0.4, -0.2) is 60.1 Å². The Morgan fingerprint density at radius 1 is 1.24 bits per heavy atom. The zero-order valence-corrected chi connectivity index (χ0v) is 20.3. The first kappa shape index (κ1) is 27.0. The molecule has 1 atom stereocenters. The molecular formula is C25H35N5O4. The van der Waals surface area contributed by atoms with Crippen LogP contribution in [0.5, 0.6) is 5.75 Å². The molecule has 9 heteroatoms. The maximum Gasteiger partial charge on any atom is 0.257 e. The highest BCUT2D eigenvalue weighted by atomic mass is 16.5. The van der Waals surface area contributed by atoms with Crippen LogP contribution in [0.25, 0.3) is 22.6 Å². The minimum Gasteiger partial charge on any atom is -0.491 e. The lowest BCUT2D eigenvalue weighted by Crippen LogP contribution is -2.29. The monoisotopic (exact) mass is 469 g/mol. The van der Waals surface area contributed by atoms with Gasteiger partial charge in [0.25, 0.3) is 5.56 Å². The summed E-state index contributed by atoms with van der Waals surface area (Å²) in [5.74, 6) is 1.27. The molecule has 0 aliphatic carbocycles. The van der Waals surface area contributed by atoms with E-state index in [4.69, 9.17) is 15.2 Å². The molecule has 0 saturated heterocycles. The summed E-state index contributed by atoms with van der Waals surface area (Å²) >= 11 is 0. The molecule has 0 spiro atoms. The number of aliphatic hydroxyl groups excluding tert-OH is 1. The molecule has 0 amide bonds. The number of aromatic amines is 1. The number of nitrogens with one attached hydrogen (secondary N) is 2. The number of ether oxygens (including phenoxy) is 2. The van der Waals surface area contributed by atoms with Crippen LogP contribution in [-0.2, 0) is 4.74 Å². The zero-order valence-electron chi connectivity index (χ0n) is 20.3. The summed E-state index contributed by atoms with van der Waals surface area (Å²) in [5, 5.41) is 12.7. The maximum atomic E-state index is 12.2. The summed E-state index contributed by atoms with van der Waals surface area (Å²) in [7, 11) is 3.49. The molecule has 1 unspecified atom stereocenters. The fraction of sp³-hybridized carbons (Fsp3) is 0.400. The van der Waals surface area contributed by atoms with E-state index >= 15 is 0 Å². The molecule has 9 nitrogen and oxygen atoms in total. The van der Waals surface area contributed by atoms with Crippen molar-refractivity contribution in [2.75, 3.05) is 39.6 Å². The van der Waals surface area contributed by atoms with Gasteiger partial charge in [-0.25, -0.2) is 9.97 Å². The molecule has 2 aromatic heterocycles. The first-order chi connectivity index (χ1) is 16.4. The van der Waals surface area contributed by atoms with E-state index in [-0.39, 0.29) is 12.2 Å². The first-order valence-electron chi connectivity index (χ1n) is 11.3. The van der Waals surface area contributed by atoms with Crippen molar-refractivity contribution in [2.45, 2.75) is 32.8 Å². The van der Waals surface area contributed by atoms with E-state index in [0.29, 0.717) is 46.3 Å². The largest absolute Gasteiger partial charge is 0.491 e. The number of nitrogens with zero attached hydrogens (tertiary/aromatic N) is 2. The van der Waals surface area contributed by atoms with Crippen molar-refractivity contribution in [3.63, 3.8) is 0 Å². The van der Waals surface area contributed by atoms with Crippen LogP contribution in [0.3, 0.4) is 0 Å². The standard InChI is InChI=1S/C20H23N5O3.C5H12O/c1-12-17(16-7-4-8-23-20(16)27)24-19(25-18(12)21)13-5-3-6-15(9-13)28-11-14(26)10-22-2;1-3-4-5-6-2/h3-9,14,22,26H,10-11H2,1-2H3,(H,23,27)(H2,21,24,25);3-5H2,1-2H3. The molecule has 1 aromatic carbocycles. The number of pyridine rings is 1. The van der Waals surface area contributed by atoms with E-state index in [9.17, 15) is 9.90 Å². The Morgan fingerprint density at radius 3 is 2.68 bits per heavy atom. The highest BCUT2D eigenvalue weighted by molar-refractivity contribution is 5.70. The second-order valence-electron chi connectivity index (χ2n) is 7.72. The maximum absolute atomic E-state index is 12.2. The number of nitrogens with two attached hydrogens (primary N) is 1. The van der Waals surface area contributed by atoms with Crippen molar-refractivity contribution in [2.24, 2.45) is 0 Å². The number of nitrogen functional groups attached to an aromatic ring is 1. The Bertz CT molecular complexity index is 1080. The molecule has 34 heavy (non-hydrogen) atoms. The first-order valence-corrected chi connectivity index (χ1v) is 11.3. The lowest BCUT2D eigenvalue weighted by Gasteiger charge is -2.13. The third-order valence-corrected chi connectivity index (χ3v) is 4.93. The number of methoxy groups -OCH3 is 1. The smallest absolute Gasteiger partial charge is 0.257 e. The van der Waals surface area contributed by atoms with E-state index in [1.165, 1.54) is 12.8 Å². The van der Waals surface area contributed by atoms with Crippen molar-refractivity contribution in [1.29, 1.82) is 0 Å². The Morgan fingerprint density at radius 2 is 2.03 bits per heavy atom. The SMILES string of the molecule is CCCCOC.CNCC(O)COc1cccc(-c2nc(N)c(C)c(-c3ccc[nH]c3=O)n2)c1. The van der Waals surface area contributed by atoms with Gasteiger partial charge in [0.05, 0.1) is 11.3 Å². The van der Waals surface area contributed by atoms with Crippen LogP contribution in [0.4, 0.5) is 5.82 Å². The highest BCUT2D eigenvalue weighted by Crippen LogP contribution is 2.27. The van der Waals surface area contributed by atoms with Crippen molar-refractivity contribution in [3.05, 3.63) is 58.5 Å². The molecule has 3 aromatic rings. The van der Waals surface area contributed by atoms with Crippen LogP contribution in [0.2, 0.25) is 0 Å². The number of H-pyrrole nitrogens is 1. The van der Waals surface area contributed by atoms with Gasteiger partial charge in [0.1, 0.15) is 24.3 Å². The van der Waals surface area contributed by atoms with Crippen LogP contribution in [0, 0.1) is 6.92 Å². The number of aliphatic hydroxyl groups is 1. The molecular weight excluding hydrogens is 434 g/mol. The van der Waals surface area contributed by atoms with Crippen molar-refractivity contribution in [1.82, 2.24) is 20.3 Å². The third-order valence-electron chi connectivity index (χ3n) is 4.93. The van der Waals surface area contributed by atoms with Gasteiger partial charge in [0, 0.05) is 37.6 Å². The molecule has 0 aliphatic rings. The van der Waals surface area contributed by atoms with Crippen LogP contribution in [0.1, 0.15) is 25.3 Å². The number of hydrogen-bond acceptors (Lipinski definition) is 8. The minimum atomic E-state index is -0.615. The molecule has 5 N–H and O–H groups in total. The van der Waals surface area contributed by atoms with Gasteiger partial charge in [-0.2, -0.15) is 0 Å². The average molecular weight is 470 g/mol. The number of hydrogen-bond donors (Lipinski definition) is 4. The van der Waals surface area contributed by atoms with Gasteiger partial charge in [0.15, 0.2) is 5.82 Å². The van der Waals surface area contributed by atoms with E-state index in [0.717, 1.165) is 6.61 Å². The summed E-state index contributed by atoms with van der Waals surface area (Å²) in [4.78, 5) is 23.8. The number of unbranched alkanes of at least 4 members (excludes halogenated alkanes) is 1. The molecule has 0 radical (unpaired) electrons. The van der Waals surface area contributed by atoms with Crippen LogP contribution >= 0.6 is 0 Å². The van der Waals surface area contributed by atoms with Gasteiger partial charge < -0.3 is 30.6 Å². The van der Waals surface area contributed by atoms with Gasteiger partial charge in [-0.15, -0.1) is 0 Å². The Hall–Kier alpha value is -3.27. The van der Waals surface area contributed by atoms with Gasteiger partial charge in [-0.1, -0.05) is 25.5 Å². The summed E-state index contributed by atoms with van der Waals surface area (Å²) in [6.07, 6.45) is 3.37. The Kier molecular flexibility index (Phi) is 11.2. The number of benzene rings is 1.